The molecule has 0 amide bonds. The molecule has 83 heavy (non-hydrogen) atoms. The van der Waals surface area contributed by atoms with Crippen LogP contribution in [-0.2, 0) is 39.3 Å². The van der Waals surface area contributed by atoms with E-state index < -0.39 is 0 Å². The Balaban J connectivity index is 0.000000133. The van der Waals surface area contributed by atoms with Crippen LogP contribution in [0.15, 0.2) is 202 Å². The highest BCUT2D eigenvalue weighted by atomic mass is 15.4. The van der Waals surface area contributed by atoms with Crippen LogP contribution in [0, 0.1) is 20.8 Å². The Bertz CT molecular complexity index is 3380. The lowest BCUT2D eigenvalue weighted by Gasteiger charge is -2.25. The molecular formula is C71H84N12. The van der Waals surface area contributed by atoms with Gasteiger partial charge in [0.15, 0.2) is 0 Å². The lowest BCUT2D eigenvalue weighted by Crippen LogP contribution is -2.25. The topological polar surface area (TPSA) is 38.9 Å². The molecule has 0 N–H and O–H groups in total. The Morgan fingerprint density at radius 3 is 0.904 bits per heavy atom. The van der Waals surface area contributed by atoms with Gasteiger partial charge in [0.05, 0.1) is 40.0 Å². The Labute approximate surface area is 494 Å². The number of aryl methyl sites for hydroxylation is 2. The van der Waals surface area contributed by atoms with Crippen molar-refractivity contribution in [1.29, 1.82) is 0 Å². The number of hydrogen-bond acceptors (Lipinski definition) is 12. The first-order chi connectivity index (χ1) is 40.3. The van der Waals surface area contributed by atoms with E-state index in [0.717, 1.165) is 79.3 Å². The molecule has 0 radical (unpaired) electrons. The van der Waals surface area contributed by atoms with Gasteiger partial charge in [0.1, 0.15) is 0 Å². The van der Waals surface area contributed by atoms with Crippen LogP contribution in [0.3, 0.4) is 0 Å². The summed E-state index contributed by atoms with van der Waals surface area (Å²) in [7, 11) is 12.7. The highest BCUT2D eigenvalue weighted by Gasteiger charge is 2.23. The molecule has 6 heterocycles. The number of nitrogens with zero attached hydrogens (tertiary/aromatic N) is 12. The molecule has 0 fully saturated rings. The quantitative estimate of drug-likeness (QED) is 0.104. The predicted octanol–water partition coefficient (Wildman–Crippen LogP) is 12.7. The first-order valence-electron chi connectivity index (χ1n) is 29.3. The van der Waals surface area contributed by atoms with E-state index in [0.29, 0.717) is 0 Å². The van der Waals surface area contributed by atoms with Crippen LogP contribution < -0.4 is 0 Å². The Kier molecular flexibility index (Phi) is 16.9. The van der Waals surface area contributed by atoms with E-state index in [9.17, 15) is 0 Å². The van der Waals surface area contributed by atoms with Gasteiger partial charge in [0, 0.05) is 156 Å². The van der Waals surface area contributed by atoms with Crippen molar-refractivity contribution < 1.29 is 0 Å². The average molecular weight is 1110 g/mol. The highest BCUT2D eigenvalue weighted by Crippen LogP contribution is 2.41. The maximum Gasteiger partial charge on any atom is 0.0894 e. The molecule has 428 valence electrons. The van der Waals surface area contributed by atoms with E-state index in [1.807, 2.05) is 0 Å². The van der Waals surface area contributed by atoms with Crippen LogP contribution >= 0.6 is 0 Å². The molecule has 0 spiro atoms. The third-order valence-electron chi connectivity index (χ3n) is 16.7. The van der Waals surface area contributed by atoms with Crippen molar-refractivity contribution in [3.05, 3.63) is 252 Å². The normalized spacial score (nSPS) is 16.2. The van der Waals surface area contributed by atoms with Crippen molar-refractivity contribution in [3.8, 4) is 22.3 Å². The maximum absolute atomic E-state index is 2.39. The molecule has 12 heteroatoms. The van der Waals surface area contributed by atoms with Gasteiger partial charge in [-0.1, -0.05) is 127 Å². The van der Waals surface area contributed by atoms with Crippen molar-refractivity contribution in [2.45, 2.75) is 60.0 Å². The number of benzene rings is 7. The van der Waals surface area contributed by atoms with Gasteiger partial charge in [-0.2, -0.15) is 0 Å². The minimum Gasteiger partial charge on any atom is -0.362 e. The fourth-order valence-corrected chi connectivity index (χ4v) is 12.5. The molecule has 0 atom stereocenters. The zero-order chi connectivity index (χ0) is 57.6. The van der Waals surface area contributed by atoms with Gasteiger partial charge in [-0.15, -0.1) is 0 Å². The second-order valence-electron chi connectivity index (χ2n) is 23.7. The fourth-order valence-electron chi connectivity index (χ4n) is 12.5. The minimum atomic E-state index is 0.885. The van der Waals surface area contributed by atoms with Crippen molar-refractivity contribution in [2.75, 3.05) is 82.3 Å². The zero-order valence-corrected chi connectivity index (χ0v) is 50.4. The summed E-state index contributed by atoms with van der Waals surface area (Å²) in [4.78, 5) is 27.5. The van der Waals surface area contributed by atoms with Gasteiger partial charge in [0.25, 0.3) is 0 Å². The Morgan fingerprint density at radius 1 is 0.289 bits per heavy atom. The summed E-state index contributed by atoms with van der Waals surface area (Å²) in [5, 5.41) is 5.22. The van der Waals surface area contributed by atoms with Gasteiger partial charge >= 0.3 is 0 Å². The first-order valence-corrected chi connectivity index (χ1v) is 29.3. The molecule has 6 aliphatic heterocycles. The molecule has 0 saturated heterocycles. The summed E-state index contributed by atoms with van der Waals surface area (Å²) in [6.45, 7) is 18.0. The van der Waals surface area contributed by atoms with Gasteiger partial charge < -0.3 is 58.8 Å². The van der Waals surface area contributed by atoms with Crippen molar-refractivity contribution >= 4 is 21.5 Å². The number of rotatable bonds is 14. The van der Waals surface area contributed by atoms with E-state index >= 15 is 0 Å². The monoisotopic (exact) mass is 1100 g/mol. The molecule has 0 aromatic heterocycles. The Morgan fingerprint density at radius 2 is 0.578 bits per heavy atom. The molecule has 7 aromatic carbocycles. The lowest BCUT2D eigenvalue weighted by molar-refractivity contribution is 0.286. The van der Waals surface area contributed by atoms with Crippen LogP contribution in [0.5, 0.6) is 0 Å². The smallest absolute Gasteiger partial charge is 0.0894 e. The molecule has 0 saturated carbocycles. The SMILES string of the molecule is CN1C=CN(Cc2ccc3ccccc3c2-c2c(CN3C=CN(C)C3)ccc3ccccc23)C1.CN1C=CN(Cc2ccccc2-c2ccccc2CN2C=CN(C)C2)C1.Cc1cc(C)c(CN2C=CN(C)C2)c(C)c1CN1C=CN(C)C1. The van der Waals surface area contributed by atoms with Crippen molar-refractivity contribution in [3.63, 3.8) is 0 Å². The van der Waals surface area contributed by atoms with E-state index in [4.69, 9.17) is 0 Å². The molecule has 0 bridgehead atoms. The largest absolute Gasteiger partial charge is 0.362 e. The van der Waals surface area contributed by atoms with E-state index in [2.05, 4.69) is 324 Å². The second-order valence-corrected chi connectivity index (χ2v) is 23.7. The van der Waals surface area contributed by atoms with E-state index in [1.54, 1.807) is 0 Å². The summed E-state index contributed by atoms with van der Waals surface area (Å²) in [5.41, 5.74) is 18.1. The van der Waals surface area contributed by atoms with Crippen molar-refractivity contribution in [2.24, 2.45) is 0 Å². The fraction of sp³-hybridized carbons (Fsp3) is 0.296. The summed E-state index contributed by atoms with van der Waals surface area (Å²) in [6, 6.07) is 46.8. The molecule has 0 aliphatic carbocycles. The van der Waals surface area contributed by atoms with Crippen LogP contribution in [0.1, 0.15) is 50.1 Å². The van der Waals surface area contributed by atoms with E-state index in [-0.39, 0.29) is 0 Å². The van der Waals surface area contributed by atoms with Crippen LogP contribution in [0.4, 0.5) is 0 Å². The van der Waals surface area contributed by atoms with Crippen LogP contribution in [0.2, 0.25) is 0 Å². The number of hydrogen-bond donors (Lipinski definition) is 0. The average Bonchev–Trinajstić information content (AvgIpc) is 4.49. The molecule has 13 rings (SSSR count). The molecule has 6 aliphatic rings. The van der Waals surface area contributed by atoms with Gasteiger partial charge in [-0.05, 0) is 115 Å². The van der Waals surface area contributed by atoms with Gasteiger partial charge in [0.2, 0.25) is 0 Å². The summed E-state index contributed by atoms with van der Waals surface area (Å²) in [6.07, 6.45) is 26.0. The second kappa shape index (κ2) is 25.1. The summed E-state index contributed by atoms with van der Waals surface area (Å²) in [5.74, 6) is 0. The summed E-state index contributed by atoms with van der Waals surface area (Å²) < 4.78 is 0. The van der Waals surface area contributed by atoms with Gasteiger partial charge in [-0.3, -0.25) is 0 Å². The van der Waals surface area contributed by atoms with Crippen LogP contribution in [0.25, 0.3) is 43.8 Å². The van der Waals surface area contributed by atoms with Crippen LogP contribution in [-0.4, -0.2) is 141 Å². The van der Waals surface area contributed by atoms with E-state index in [1.165, 1.54) is 93.9 Å². The summed E-state index contributed by atoms with van der Waals surface area (Å²) >= 11 is 0. The predicted molar refractivity (Wildman–Crippen MR) is 343 cm³/mol. The molecule has 12 nitrogen and oxygen atoms in total. The molecule has 7 aromatic rings. The first kappa shape index (κ1) is 56.0. The van der Waals surface area contributed by atoms with Gasteiger partial charge in [-0.25, -0.2) is 0 Å². The maximum atomic E-state index is 2.39. The third-order valence-corrected chi connectivity index (χ3v) is 16.7. The lowest BCUT2D eigenvalue weighted by atomic mass is 9.86. The zero-order valence-electron chi connectivity index (χ0n) is 50.4. The Hall–Kier alpha value is -8.90. The number of fused-ring (bicyclic) bond motifs is 2. The minimum absolute atomic E-state index is 0.885. The highest BCUT2D eigenvalue weighted by molar-refractivity contribution is 6.07. The molecular weight excluding hydrogens is 1020 g/mol. The molecule has 0 unspecified atom stereocenters. The van der Waals surface area contributed by atoms with Crippen molar-refractivity contribution in [1.82, 2.24) is 58.8 Å². The standard InChI is InChI=1S/C30H30N4.C22H26N4.C19H28N4/c1-31-15-17-33(21-31)19-25-13-11-23-7-3-5-9-27(23)29(25)30-26(20-34-18-16-32(2)22-34)14-12-24-8-4-6-10-28(24)30;1-23-11-13-25(17-23)15-19-7-3-5-9-21(19)22-10-6-4-8-20(22)16-26-14-12-24(2)18-26;1-15-10-16(2)19(12-23-9-7-21(5)14-23)17(3)18(15)11-22-8-6-20(4)13-22/h3-18H,19-22H2,1-2H3;3-14H,15-18H2,1-2H3;6-10H,11-14H2,1-5H3. The third kappa shape index (κ3) is 13.2.